The molecule has 0 aliphatic heterocycles. The molecule has 0 bridgehead atoms. The second kappa shape index (κ2) is 8.93. The van der Waals surface area contributed by atoms with Crippen LogP contribution >= 0.6 is 7.92 Å². The highest BCUT2D eigenvalue weighted by molar-refractivity contribution is 7.73. The predicted molar refractivity (Wildman–Crippen MR) is 120 cm³/mol. The molecular formula is C24H20NO4P. The lowest BCUT2D eigenvalue weighted by Crippen LogP contribution is -2.31. The van der Waals surface area contributed by atoms with Crippen LogP contribution in [0.1, 0.15) is 10.4 Å². The van der Waals surface area contributed by atoms with Gasteiger partial charge >= 0.3 is 5.63 Å². The minimum Gasteiger partial charge on any atom is -0.508 e. The van der Waals surface area contributed by atoms with Crippen molar-refractivity contribution in [2.75, 3.05) is 12.7 Å². The van der Waals surface area contributed by atoms with Crippen LogP contribution in [0, 0.1) is 0 Å². The molecule has 0 radical (unpaired) electrons. The average molecular weight is 417 g/mol. The number of carbonyl (C=O) groups is 1. The summed E-state index contributed by atoms with van der Waals surface area (Å²) in [7, 11) is -0.634. The fourth-order valence-electron chi connectivity index (χ4n) is 3.26. The Morgan fingerprint density at radius 2 is 1.53 bits per heavy atom. The van der Waals surface area contributed by atoms with Crippen molar-refractivity contribution in [2.45, 2.75) is 0 Å². The number of phenolic OH excluding ortho intramolecular Hbond substituents is 1. The summed E-state index contributed by atoms with van der Waals surface area (Å²) in [5, 5.41) is 15.4. The number of amides is 1. The van der Waals surface area contributed by atoms with E-state index in [0.29, 0.717) is 11.9 Å². The number of hydrogen-bond donors (Lipinski definition) is 2. The van der Waals surface area contributed by atoms with Crippen LogP contribution in [0.15, 0.2) is 94.1 Å². The Morgan fingerprint density at radius 1 is 0.900 bits per heavy atom. The van der Waals surface area contributed by atoms with Crippen LogP contribution in [0.3, 0.4) is 0 Å². The summed E-state index contributed by atoms with van der Waals surface area (Å²) in [5.41, 5.74) is -0.524. The summed E-state index contributed by atoms with van der Waals surface area (Å²) >= 11 is 0. The lowest BCUT2D eigenvalue weighted by atomic mass is 10.1. The number of aromatic hydroxyl groups is 1. The first-order chi connectivity index (χ1) is 14.6. The summed E-state index contributed by atoms with van der Waals surface area (Å²) < 4.78 is 5.19. The molecule has 5 nitrogen and oxygen atoms in total. The van der Waals surface area contributed by atoms with Crippen LogP contribution in [0.25, 0.3) is 11.0 Å². The lowest BCUT2D eigenvalue weighted by molar-refractivity contribution is 0.0952. The molecule has 0 fully saturated rings. The number of fused-ring (bicyclic) bond motifs is 1. The zero-order valence-electron chi connectivity index (χ0n) is 16.1. The minimum absolute atomic E-state index is 0.00182. The highest BCUT2D eigenvalue weighted by Gasteiger charge is 2.16. The van der Waals surface area contributed by atoms with E-state index in [1.54, 1.807) is 6.07 Å². The Morgan fingerprint density at radius 3 is 2.17 bits per heavy atom. The molecule has 0 atom stereocenters. The van der Waals surface area contributed by atoms with Crippen molar-refractivity contribution in [1.82, 2.24) is 5.32 Å². The highest BCUT2D eigenvalue weighted by Crippen LogP contribution is 2.32. The van der Waals surface area contributed by atoms with Crippen LogP contribution in [0.4, 0.5) is 0 Å². The fourth-order valence-corrected chi connectivity index (χ4v) is 5.47. The molecule has 150 valence electrons. The number of benzene rings is 3. The topological polar surface area (TPSA) is 79.5 Å². The van der Waals surface area contributed by atoms with Gasteiger partial charge in [0.15, 0.2) is 0 Å². The van der Waals surface area contributed by atoms with Gasteiger partial charge < -0.3 is 14.8 Å². The smallest absolute Gasteiger partial charge is 0.349 e. The molecule has 3 aromatic carbocycles. The van der Waals surface area contributed by atoms with Gasteiger partial charge in [0.25, 0.3) is 5.91 Å². The highest BCUT2D eigenvalue weighted by atomic mass is 31.1. The third-order valence-corrected chi connectivity index (χ3v) is 7.23. The SMILES string of the molecule is O=C(NCCP(c1ccccc1)c1ccccc1)c1cc2ccc(O)cc2oc1=O. The predicted octanol–water partition coefficient (Wildman–Crippen LogP) is 3.36. The average Bonchev–Trinajstić information content (AvgIpc) is 2.77. The van der Waals surface area contributed by atoms with Crippen molar-refractivity contribution in [1.29, 1.82) is 0 Å². The maximum absolute atomic E-state index is 12.6. The number of nitrogens with one attached hydrogen (secondary N) is 1. The summed E-state index contributed by atoms with van der Waals surface area (Å²) in [4.78, 5) is 24.8. The van der Waals surface area contributed by atoms with E-state index < -0.39 is 19.5 Å². The summed E-state index contributed by atoms with van der Waals surface area (Å²) in [5.74, 6) is -0.465. The Kier molecular flexibility index (Phi) is 5.92. The number of rotatable bonds is 6. The molecule has 1 amide bonds. The normalized spacial score (nSPS) is 11.0. The quantitative estimate of drug-likeness (QED) is 0.373. The van der Waals surface area contributed by atoms with Crippen LogP contribution < -0.4 is 21.6 Å². The Bertz CT molecular complexity index is 1180. The largest absolute Gasteiger partial charge is 0.508 e. The number of phenols is 1. The van der Waals surface area contributed by atoms with E-state index in [2.05, 4.69) is 29.6 Å². The van der Waals surface area contributed by atoms with Gasteiger partial charge in [0, 0.05) is 18.0 Å². The first kappa shape index (κ1) is 19.9. The van der Waals surface area contributed by atoms with E-state index in [1.807, 2.05) is 36.4 Å². The van der Waals surface area contributed by atoms with Crippen molar-refractivity contribution < 1.29 is 14.3 Å². The second-order valence-electron chi connectivity index (χ2n) is 6.75. The standard InChI is InChI=1S/C24H20NO4P/c26-18-12-11-17-15-21(24(28)29-22(17)16-18)23(27)25-13-14-30(19-7-3-1-4-8-19)20-9-5-2-6-10-20/h1-12,15-16,26H,13-14H2,(H,25,27). The van der Waals surface area contributed by atoms with Crippen molar-refractivity contribution >= 4 is 35.4 Å². The zero-order valence-corrected chi connectivity index (χ0v) is 17.0. The minimum atomic E-state index is -0.723. The molecule has 4 rings (SSSR count). The summed E-state index contributed by atoms with van der Waals surface area (Å²) in [6, 6.07) is 26.4. The third kappa shape index (κ3) is 4.42. The van der Waals surface area contributed by atoms with Crippen LogP contribution in [0.5, 0.6) is 5.75 Å². The van der Waals surface area contributed by atoms with E-state index in [-0.39, 0.29) is 16.9 Å². The van der Waals surface area contributed by atoms with E-state index in [9.17, 15) is 14.7 Å². The first-order valence-corrected chi connectivity index (χ1v) is 11.1. The van der Waals surface area contributed by atoms with E-state index in [1.165, 1.54) is 28.8 Å². The van der Waals surface area contributed by atoms with E-state index in [4.69, 9.17) is 4.42 Å². The molecule has 6 heteroatoms. The van der Waals surface area contributed by atoms with Crippen LogP contribution in [-0.2, 0) is 0 Å². The van der Waals surface area contributed by atoms with Crippen molar-refractivity contribution in [2.24, 2.45) is 0 Å². The van der Waals surface area contributed by atoms with Crippen molar-refractivity contribution in [3.05, 3.63) is 101 Å². The second-order valence-corrected chi connectivity index (χ2v) is 9.08. The molecule has 4 aromatic rings. The Hall–Kier alpha value is -3.43. The molecular weight excluding hydrogens is 397 g/mol. The molecule has 2 N–H and O–H groups in total. The van der Waals surface area contributed by atoms with Crippen molar-refractivity contribution in [3.8, 4) is 5.75 Å². The maximum atomic E-state index is 12.6. The molecule has 0 saturated carbocycles. The number of carbonyl (C=O) groups excluding carboxylic acids is 1. The molecule has 0 spiro atoms. The fraction of sp³-hybridized carbons (Fsp3) is 0.0833. The molecule has 1 aromatic heterocycles. The molecule has 0 aliphatic rings. The van der Waals surface area contributed by atoms with Gasteiger partial charge in [-0.05, 0) is 42.9 Å². The number of hydrogen-bond acceptors (Lipinski definition) is 4. The van der Waals surface area contributed by atoms with Gasteiger partial charge in [-0.25, -0.2) is 4.79 Å². The molecule has 0 unspecified atom stereocenters. The first-order valence-electron chi connectivity index (χ1n) is 9.54. The van der Waals surface area contributed by atoms with Gasteiger partial charge in [-0.15, -0.1) is 0 Å². The Labute approximate surface area is 174 Å². The van der Waals surface area contributed by atoms with E-state index in [0.717, 1.165) is 6.16 Å². The van der Waals surface area contributed by atoms with Crippen LogP contribution in [0.2, 0.25) is 0 Å². The monoisotopic (exact) mass is 417 g/mol. The summed E-state index contributed by atoms with van der Waals surface area (Å²) in [6.45, 7) is 0.432. The molecule has 1 heterocycles. The van der Waals surface area contributed by atoms with Gasteiger partial charge in [0.1, 0.15) is 16.9 Å². The van der Waals surface area contributed by atoms with Gasteiger partial charge in [-0.1, -0.05) is 60.7 Å². The third-order valence-electron chi connectivity index (χ3n) is 4.72. The molecule has 0 saturated heterocycles. The maximum Gasteiger partial charge on any atom is 0.349 e. The van der Waals surface area contributed by atoms with Gasteiger partial charge in [0.2, 0.25) is 0 Å². The van der Waals surface area contributed by atoms with Crippen molar-refractivity contribution in [3.63, 3.8) is 0 Å². The zero-order chi connectivity index (χ0) is 20.9. The Balaban J connectivity index is 1.50. The molecule has 0 aliphatic carbocycles. The summed E-state index contributed by atoms with van der Waals surface area (Å²) in [6.07, 6.45) is 0.752. The van der Waals surface area contributed by atoms with Crippen LogP contribution in [-0.4, -0.2) is 23.7 Å². The lowest BCUT2D eigenvalue weighted by Gasteiger charge is -2.19. The van der Waals surface area contributed by atoms with Gasteiger partial charge in [-0.3, -0.25) is 4.79 Å². The van der Waals surface area contributed by atoms with E-state index >= 15 is 0 Å². The van der Waals surface area contributed by atoms with Gasteiger partial charge in [0.05, 0.1) is 0 Å². The molecule has 30 heavy (non-hydrogen) atoms. The van der Waals surface area contributed by atoms with Gasteiger partial charge in [-0.2, -0.15) is 0 Å².